The highest BCUT2D eigenvalue weighted by atomic mass is 19.3. The molecule has 2 aromatic carbocycles. The quantitative estimate of drug-likeness (QED) is 0.850. The summed E-state index contributed by atoms with van der Waals surface area (Å²) in [5.41, 5.74) is 1.92. The predicted octanol–water partition coefficient (Wildman–Crippen LogP) is 3.36. The van der Waals surface area contributed by atoms with E-state index in [1.165, 1.54) is 6.07 Å². The van der Waals surface area contributed by atoms with Crippen LogP contribution in [-0.2, 0) is 17.9 Å². The molecule has 4 nitrogen and oxygen atoms in total. The third-order valence-corrected chi connectivity index (χ3v) is 3.16. The number of rotatable bonds is 7. The number of carbonyl (C=O) groups is 1. The lowest BCUT2D eigenvalue weighted by atomic mass is 10.1. The van der Waals surface area contributed by atoms with Crippen molar-refractivity contribution in [2.45, 2.75) is 19.8 Å². The highest BCUT2D eigenvalue weighted by Gasteiger charge is 2.11. The second-order valence-electron chi connectivity index (χ2n) is 4.80. The fourth-order valence-corrected chi connectivity index (χ4v) is 2.06. The van der Waals surface area contributed by atoms with E-state index in [9.17, 15) is 13.6 Å². The van der Waals surface area contributed by atoms with Crippen LogP contribution in [0.1, 0.15) is 21.5 Å². The Morgan fingerprint density at radius 3 is 2.48 bits per heavy atom. The van der Waals surface area contributed by atoms with E-state index in [4.69, 9.17) is 4.74 Å². The molecular formula is C17H17F2NO3. The van der Waals surface area contributed by atoms with Crippen LogP contribution in [0, 0.1) is 0 Å². The monoisotopic (exact) mass is 321 g/mol. The summed E-state index contributed by atoms with van der Waals surface area (Å²) in [6.45, 7) is -2.33. The van der Waals surface area contributed by atoms with Crippen molar-refractivity contribution in [1.29, 1.82) is 0 Å². The molecule has 0 heterocycles. The van der Waals surface area contributed by atoms with Gasteiger partial charge >= 0.3 is 6.61 Å². The SMILES string of the molecule is COCc1ccc(C(=O)NCc2ccccc2OC(F)F)cc1. The summed E-state index contributed by atoms with van der Waals surface area (Å²) < 4.78 is 34.1. The zero-order chi connectivity index (χ0) is 16.7. The molecule has 0 spiro atoms. The van der Waals surface area contributed by atoms with Crippen LogP contribution in [0.2, 0.25) is 0 Å². The number of ether oxygens (including phenoxy) is 2. The zero-order valence-electron chi connectivity index (χ0n) is 12.6. The lowest BCUT2D eigenvalue weighted by Gasteiger charge is -2.11. The number of amides is 1. The van der Waals surface area contributed by atoms with E-state index >= 15 is 0 Å². The Hall–Kier alpha value is -2.47. The van der Waals surface area contributed by atoms with Crippen LogP contribution in [0.4, 0.5) is 8.78 Å². The normalized spacial score (nSPS) is 10.6. The average molecular weight is 321 g/mol. The number of hydrogen-bond acceptors (Lipinski definition) is 3. The van der Waals surface area contributed by atoms with Crippen LogP contribution in [0.5, 0.6) is 5.75 Å². The Balaban J connectivity index is 1.99. The van der Waals surface area contributed by atoms with Crippen molar-refractivity contribution >= 4 is 5.91 Å². The Kier molecular flexibility index (Phi) is 6.05. The van der Waals surface area contributed by atoms with Gasteiger partial charge in [0.25, 0.3) is 5.91 Å². The van der Waals surface area contributed by atoms with Crippen LogP contribution in [0.3, 0.4) is 0 Å². The van der Waals surface area contributed by atoms with Crippen LogP contribution >= 0.6 is 0 Å². The third-order valence-electron chi connectivity index (χ3n) is 3.16. The van der Waals surface area contributed by atoms with Crippen molar-refractivity contribution < 1.29 is 23.0 Å². The van der Waals surface area contributed by atoms with Crippen molar-refractivity contribution in [3.05, 3.63) is 65.2 Å². The fraction of sp³-hybridized carbons (Fsp3) is 0.235. The minimum atomic E-state index is -2.90. The van der Waals surface area contributed by atoms with Crippen LogP contribution in [0.15, 0.2) is 48.5 Å². The Bertz CT molecular complexity index is 645. The molecule has 0 aliphatic heterocycles. The summed E-state index contributed by atoms with van der Waals surface area (Å²) in [4.78, 5) is 12.1. The van der Waals surface area contributed by atoms with Gasteiger partial charge in [0.15, 0.2) is 0 Å². The molecule has 2 aromatic rings. The summed E-state index contributed by atoms with van der Waals surface area (Å²) in [6.07, 6.45) is 0. The van der Waals surface area contributed by atoms with E-state index in [0.717, 1.165) is 5.56 Å². The van der Waals surface area contributed by atoms with E-state index in [0.29, 0.717) is 17.7 Å². The lowest BCUT2D eigenvalue weighted by Crippen LogP contribution is -2.23. The number of halogens is 2. The van der Waals surface area contributed by atoms with Crippen molar-refractivity contribution in [3.63, 3.8) is 0 Å². The molecule has 0 unspecified atom stereocenters. The molecule has 0 aliphatic carbocycles. The smallest absolute Gasteiger partial charge is 0.387 e. The maximum absolute atomic E-state index is 12.3. The first-order valence-corrected chi connectivity index (χ1v) is 6.99. The van der Waals surface area contributed by atoms with Crippen molar-refractivity contribution in [3.8, 4) is 5.75 Å². The van der Waals surface area contributed by atoms with Crippen molar-refractivity contribution in [1.82, 2.24) is 5.32 Å². The number of methoxy groups -OCH3 is 1. The summed E-state index contributed by atoms with van der Waals surface area (Å²) in [7, 11) is 1.60. The van der Waals surface area contributed by atoms with Crippen LogP contribution in [0.25, 0.3) is 0 Å². The number of benzene rings is 2. The first-order chi connectivity index (χ1) is 11.1. The van der Waals surface area contributed by atoms with Gasteiger partial charge in [-0.15, -0.1) is 0 Å². The second-order valence-corrected chi connectivity index (χ2v) is 4.80. The summed E-state index contributed by atoms with van der Waals surface area (Å²) in [6, 6.07) is 13.3. The molecule has 6 heteroatoms. The molecular weight excluding hydrogens is 304 g/mol. The zero-order valence-corrected chi connectivity index (χ0v) is 12.6. The number of para-hydroxylation sites is 1. The molecule has 0 bridgehead atoms. The number of hydrogen-bond donors (Lipinski definition) is 1. The Labute approximate surface area is 133 Å². The minimum absolute atomic E-state index is 0.0539. The van der Waals surface area contributed by atoms with Gasteiger partial charge in [-0.25, -0.2) is 0 Å². The number of alkyl halides is 2. The maximum atomic E-state index is 12.3. The standard InChI is InChI=1S/C17H17F2NO3/c1-22-11-12-6-8-13(9-7-12)16(21)20-10-14-4-2-3-5-15(14)23-17(18)19/h2-9,17H,10-11H2,1H3,(H,20,21). The molecule has 0 saturated heterocycles. The van der Waals surface area contributed by atoms with Gasteiger partial charge in [-0.1, -0.05) is 30.3 Å². The molecule has 0 fully saturated rings. The molecule has 0 aromatic heterocycles. The Morgan fingerprint density at radius 1 is 1.13 bits per heavy atom. The van der Waals surface area contributed by atoms with Gasteiger partial charge < -0.3 is 14.8 Å². The number of carbonyl (C=O) groups excluding carboxylic acids is 1. The molecule has 122 valence electrons. The van der Waals surface area contributed by atoms with Gasteiger partial charge in [0, 0.05) is 24.8 Å². The summed E-state index contributed by atoms with van der Waals surface area (Å²) in [5.74, 6) is -0.237. The van der Waals surface area contributed by atoms with E-state index in [2.05, 4.69) is 10.1 Å². The maximum Gasteiger partial charge on any atom is 0.387 e. The first-order valence-electron chi connectivity index (χ1n) is 6.99. The van der Waals surface area contributed by atoms with Gasteiger partial charge in [-0.3, -0.25) is 4.79 Å². The second kappa shape index (κ2) is 8.24. The van der Waals surface area contributed by atoms with Crippen molar-refractivity contribution in [2.75, 3.05) is 7.11 Å². The largest absolute Gasteiger partial charge is 0.434 e. The molecule has 1 N–H and O–H groups in total. The average Bonchev–Trinajstić information content (AvgIpc) is 2.54. The highest BCUT2D eigenvalue weighted by molar-refractivity contribution is 5.94. The summed E-state index contributed by atoms with van der Waals surface area (Å²) in [5, 5.41) is 2.69. The summed E-state index contributed by atoms with van der Waals surface area (Å²) >= 11 is 0. The number of nitrogens with one attached hydrogen (secondary N) is 1. The topological polar surface area (TPSA) is 47.6 Å². The van der Waals surface area contributed by atoms with Crippen LogP contribution < -0.4 is 10.1 Å². The van der Waals surface area contributed by atoms with E-state index in [1.54, 1.807) is 49.6 Å². The fourth-order valence-electron chi connectivity index (χ4n) is 2.06. The van der Waals surface area contributed by atoms with Gasteiger partial charge in [0.2, 0.25) is 0 Å². The molecule has 2 rings (SSSR count). The molecule has 1 amide bonds. The van der Waals surface area contributed by atoms with Gasteiger partial charge in [0.05, 0.1) is 6.61 Å². The van der Waals surface area contributed by atoms with Gasteiger partial charge in [-0.2, -0.15) is 8.78 Å². The predicted molar refractivity (Wildman–Crippen MR) is 81.4 cm³/mol. The Morgan fingerprint density at radius 2 is 1.83 bits per heavy atom. The highest BCUT2D eigenvalue weighted by Crippen LogP contribution is 2.20. The molecule has 0 radical (unpaired) electrons. The minimum Gasteiger partial charge on any atom is -0.434 e. The van der Waals surface area contributed by atoms with E-state index in [-0.39, 0.29) is 18.2 Å². The van der Waals surface area contributed by atoms with E-state index in [1.807, 2.05) is 0 Å². The van der Waals surface area contributed by atoms with Crippen molar-refractivity contribution in [2.24, 2.45) is 0 Å². The van der Waals surface area contributed by atoms with Crippen LogP contribution in [-0.4, -0.2) is 19.6 Å². The molecule has 0 saturated carbocycles. The molecule has 23 heavy (non-hydrogen) atoms. The molecule has 0 atom stereocenters. The van der Waals surface area contributed by atoms with Gasteiger partial charge in [-0.05, 0) is 23.8 Å². The third kappa shape index (κ3) is 5.03. The lowest BCUT2D eigenvalue weighted by molar-refractivity contribution is -0.0504. The first kappa shape index (κ1) is 16.9. The van der Waals surface area contributed by atoms with E-state index < -0.39 is 6.61 Å². The molecule has 0 aliphatic rings. The van der Waals surface area contributed by atoms with Gasteiger partial charge in [0.1, 0.15) is 5.75 Å².